The minimum Gasteiger partial charge on any atom is -0.345 e. The molecule has 2 aromatic rings. The van der Waals surface area contributed by atoms with E-state index in [0.29, 0.717) is 5.02 Å². The lowest BCUT2D eigenvalue weighted by Crippen LogP contribution is -2.25. The first-order chi connectivity index (χ1) is 8.16. The number of rotatable bonds is 3. The lowest BCUT2D eigenvalue weighted by molar-refractivity contribution is 0.0944. The van der Waals surface area contributed by atoms with E-state index < -0.39 is 0 Å². The first-order valence-electron chi connectivity index (χ1n) is 5.26. The van der Waals surface area contributed by atoms with Crippen LogP contribution >= 0.6 is 22.9 Å². The van der Waals surface area contributed by atoms with Crippen LogP contribution in [0.15, 0.2) is 41.8 Å². The second-order valence-electron chi connectivity index (χ2n) is 3.73. The number of carbonyl (C=O) groups excluding carboxylic acids is 1. The van der Waals surface area contributed by atoms with E-state index in [1.54, 1.807) is 0 Å². The lowest BCUT2D eigenvalue weighted by atomic mass is 10.1. The summed E-state index contributed by atoms with van der Waals surface area (Å²) in [4.78, 5) is 12.6. The van der Waals surface area contributed by atoms with Gasteiger partial charge < -0.3 is 5.32 Å². The third-order valence-corrected chi connectivity index (χ3v) is 3.54. The van der Waals surface area contributed by atoms with Crippen LogP contribution < -0.4 is 5.32 Å². The Balaban J connectivity index is 2.07. The van der Waals surface area contributed by atoms with Gasteiger partial charge in [-0.15, -0.1) is 11.3 Å². The molecule has 0 aliphatic carbocycles. The molecule has 1 amide bonds. The van der Waals surface area contributed by atoms with Crippen molar-refractivity contribution < 1.29 is 4.79 Å². The van der Waals surface area contributed by atoms with Crippen molar-refractivity contribution in [2.45, 2.75) is 13.0 Å². The molecule has 1 aromatic carbocycles. The second-order valence-corrected chi connectivity index (χ2v) is 5.11. The standard InChI is InChI=1S/C13H12ClNOS/c1-9(10-4-2-5-11(14)8-10)15-13(16)12-6-3-7-17-12/h2-9H,1H3,(H,15,16)/t9-/m1/s1. The number of amides is 1. The Kier molecular flexibility index (Phi) is 3.82. The Labute approximate surface area is 109 Å². The van der Waals surface area contributed by atoms with E-state index in [2.05, 4.69) is 5.32 Å². The molecule has 1 heterocycles. The van der Waals surface area contributed by atoms with Gasteiger partial charge in [0.1, 0.15) is 0 Å². The van der Waals surface area contributed by atoms with Crippen molar-refractivity contribution in [2.24, 2.45) is 0 Å². The number of carbonyl (C=O) groups is 1. The van der Waals surface area contributed by atoms with Gasteiger partial charge in [0.05, 0.1) is 10.9 Å². The Morgan fingerprint density at radius 3 is 2.82 bits per heavy atom. The average molecular weight is 266 g/mol. The molecule has 2 nitrogen and oxygen atoms in total. The summed E-state index contributed by atoms with van der Waals surface area (Å²) in [7, 11) is 0. The highest BCUT2D eigenvalue weighted by Gasteiger charge is 2.11. The van der Waals surface area contributed by atoms with Crippen molar-refractivity contribution in [1.29, 1.82) is 0 Å². The maximum Gasteiger partial charge on any atom is 0.261 e. The monoisotopic (exact) mass is 265 g/mol. The smallest absolute Gasteiger partial charge is 0.261 e. The summed E-state index contributed by atoms with van der Waals surface area (Å²) in [5, 5.41) is 5.51. The van der Waals surface area contributed by atoms with E-state index in [4.69, 9.17) is 11.6 Å². The third-order valence-electron chi connectivity index (χ3n) is 2.44. The first kappa shape index (κ1) is 12.1. The number of thiophene rings is 1. The molecule has 0 saturated heterocycles. The zero-order chi connectivity index (χ0) is 12.3. The molecular formula is C13H12ClNOS. The number of nitrogens with one attached hydrogen (secondary N) is 1. The molecular weight excluding hydrogens is 254 g/mol. The van der Waals surface area contributed by atoms with Gasteiger partial charge in [0.2, 0.25) is 0 Å². The van der Waals surface area contributed by atoms with Crippen molar-refractivity contribution in [2.75, 3.05) is 0 Å². The molecule has 88 valence electrons. The van der Waals surface area contributed by atoms with Crippen molar-refractivity contribution >= 4 is 28.8 Å². The van der Waals surface area contributed by atoms with Gasteiger partial charge in [-0.05, 0) is 36.1 Å². The predicted octanol–water partition coefficient (Wildman–Crippen LogP) is 3.89. The fraction of sp³-hybridized carbons (Fsp3) is 0.154. The molecule has 0 saturated carbocycles. The number of hydrogen-bond donors (Lipinski definition) is 1. The van der Waals surface area contributed by atoms with E-state index >= 15 is 0 Å². The average Bonchev–Trinajstić information content (AvgIpc) is 2.82. The van der Waals surface area contributed by atoms with Crippen LogP contribution in [0.25, 0.3) is 0 Å². The zero-order valence-electron chi connectivity index (χ0n) is 9.31. The Hall–Kier alpha value is -1.32. The third kappa shape index (κ3) is 3.08. The van der Waals surface area contributed by atoms with Gasteiger partial charge in [-0.2, -0.15) is 0 Å². The highest BCUT2D eigenvalue weighted by atomic mass is 35.5. The van der Waals surface area contributed by atoms with Gasteiger partial charge >= 0.3 is 0 Å². The first-order valence-corrected chi connectivity index (χ1v) is 6.52. The summed E-state index contributed by atoms with van der Waals surface area (Å²) >= 11 is 7.35. The van der Waals surface area contributed by atoms with Gasteiger partial charge in [0.25, 0.3) is 5.91 Å². The molecule has 0 bridgehead atoms. The molecule has 0 aliphatic rings. The van der Waals surface area contributed by atoms with Crippen molar-refractivity contribution in [1.82, 2.24) is 5.32 Å². The highest BCUT2D eigenvalue weighted by molar-refractivity contribution is 7.12. The SMILES string of the molecule is C[C@@H](NC(=O)c1cccs1)c1cccc(Cl)c1. The number of halogens is 1. The Morgan fingerprint density at radius 1 is 1.35 bits per heavy atom. The van der Waals surface area contributed by atoms with Crippen LogP contribution in [0.4, 0.5) is 0 Å². The topological polar surface area (TPSA) is 29.1 Å². The molecule has 0 radical (unpaired) electrons. The van der Waals surface area contributed by atoms with Crippen molar-refractivity contribution in [3.63, 3.8) is 0 Å². The van der Waals surface area contributed by atoms with Gasteiger partial charge in [-0.1, -0.05) is 29.8 Å². The predicted molar refractivity (Wildman–Crippen MR) is 71.7 cm³/mol. The van der Waals surface area contributed by atoms with Crippen LogP contribution in [0.5, 0.6) is 0 Å². The summed E-state index contributed by atoms with van der Waals surface area (Å²) in [6.45, 7) is 1.94. The molecule has 0 unspecified atom stereocenters. The summed E-state index contributed by atoms with van der Waals surface area (Å²) in [5.74, 6) is -0.0486. The van der Waals surface area contributed by atoms with E-state index in [0.717, 1.165) is 10.4 Å². The van der Waals surface area contributed by atoms with E-state index in [-0.39, 0.29) is 11.9 Å². The molecule has 17 heavy (non-hydrogen) atoms. The summed E-state index contributed by atoms with van der Waals surface area (Å²) in [6, 6.07) is 11.1. The number of hydrogen-bond acceptors (Lipinski definition) is 2. The van der Waals surface area contributed by atoms with Crippen molar-refractivity contribution in [3.8, 4) is 0 Å². The van der Waals surface area contributed by atoms with Gasteiger partial charge in [0.15, 0.2) is 0 Å². The second kappa shape index (κ2) is 5.34. The van der Waals surface area contributed by atoms with Crippen LogP contribution in [0.3, 0.4) is 0 Å². The van der Waals surface area contributed by atoms with Gasteiger partial charge in [0, 0.05) is 5.02 Å². The van der Waals surface area contributed by atoms with Crippen LogP contribution in [0.2, 0.25) is 5.02 Å². The van der Waals surface area contributed by atoms with Crippen molar-refractivity contribution in [3.05, 3.63) is 57.2 Å². The highest BCUT2D eigenvalue weighted by Crippen LogP contribution is 2.18. The summed E-state index contributed by atoms with van der Waals surface area (Å²) < 4.78 is 0. The van der Waals surface area contributed by atoms with E-state index in [1.165, 1.54) is 11.3 Å². The molecule has 0 spiro atoms. The minimum absolute atomic E-state index is 0.0486. The molecule has 1 aromatic heterocycles. The molecule has 1 N–H and O–H groups in total. The fourth-order valence-electron chi connectivity index (χ4n) is 1.53. The largest absolute Gasteiger partial charge is 0.345 e. The lowest BCUT2D eigenvalue weighted by Gasteiger charge is -2.13. The van der Waals surface area contributed by atoms with Gasteiger partial charge in [-0.25, -0.2) is 0 Å². The van der Waals surface area contributed by atoms with Gasteiger partial charge in [-0.3, -0.25) is 4.79 Å². The molecule has 0 fully saturated rings. The molecule has 0 aliphatic heterocycles. The zero-order valence-corrected chi connectivity index (χ0v) is 10.9. The van der Waals surface area contributed by atoms with Crippen LogP contribution in [0.1, 0.15) is 28.2 Å². The van der Waals surface area contributed by atoms with E-state index in [1.807, 2.05) is 48.7 Å². The normalized spacial score (nSPS) is 12.1. The maximum atomic E-state index is 11.8. The Bertz CT molecular complexity index is 510. The Morgan fingerprint density at radius 2 is 2.18 bits per heavy atom. The summed E-state index contributed by atoms with van der Waals surface area (Å²) in [5.41, 5.74) is 1.00. The molecule has 4 heteroatoms. The molecule has 2 rings (SSSR count). The molecule has 1 atom stereocenters. The minimum atomic E-state index is -0.0525. The number of benzene rings is 1. The van der Waals surface area contributed by atoms with Crippen LogP contribution in [-0.4, -0.2) is 5.91 Å². The van der Waals surface area contributed by atoms with Crippen LogP contribution in [-0.2, 0) is 0 Å². The maximum absolute atomic E-state index is 11.8. The quantitative estimate of drug-likeness (QED) is 0.896. The van der Waals surface area contributed by atoms with E-state index in [9.17, 15) is 4.79 Å². The van der Waals surface area contributed by atoms with Crippen LogP contribution in [0, 0.1) is 0 Å². The summed E-state index contributed by atoms with van der Waals surface area (Å²) in [6.07, 6.45) is 0. The fourth-order valence-corrected chi connectivity index (χ4v) is 2.36.